The molecule has 4 rings (SSSR count). The topological polar surface area (TPSA) is 6.48 Å². The average molecular weight is 300 g/mol. The molecule has 0 aliphatic carbocycles. The van der Waals surface area contributed by atoms with Crippen molar-refractivity contribution in [3.05, 3.63) is 96.1 Å². The van der Waals surface area contributed by atoms with Crippen LogP contribution in [0.15, 0.2) is 84.9 Å². The van der Waals surface area contributed by atoms with Crippen LogP contribution in [0.1, 0.15) is 17.3 Å². The predicted molar refractivity (Wildman–Crippen MR) is 95.7 cm³/mol. The van der Waals surface area contributed by atoms with E-state index in [4.69, 9.17) is 0 Å². The van der Waals surface area contributed by atoms with Gasteiger partial charge in [0.25, 0.3) is 0 Å². The Labute approximate surface area is 137 Å². The minimum Gasteiger partial charge on any atom is -0.321 e. The van der Waals surface area contributed by atoms with Gasteiger partial charge in [0.05, 0.1) is 0 Å². The summed E-state index contributed by atoms with van der Waals surface area (Å²) in [5.74, 6) is 0. The summed E-state index contributed by atoms with van der Waals surface area (Å²) >= 11 is 0. The van der Waals surface area contributed by atoms with Gasteiger partial charge in [-0.15, -0.1) is 0 Å². The van der Waals surface area contributed by atoms with Crippen molar-refractivity contribution in [1.29, 1.82) is 0 Å². The maximum Gasteiger partial charge on any atom is 0.113 e. The molecule has 0 aromatic heterocycles. The van der Waals surface area contributed by atoms with Gasteiger partial charge in [-0.25, -0.2) is 0 Å². The first-order valence-electron chi connectivity index (χ1n) is 8.02. The van der Waals surface area contributed by atoms with Crippen molar-refractivity contribution in [2.75, 3.05) is 11.9 Å². The number of rotatable bonds is 2. The summed E-state index contributed by atoms with van der Waals surface area (Å²) in [7, 11) is 2.20. The molecule has 2 nitrogen and oxygen atoms in total. The molecule has 0 N–H and O–H groups in total. The van der Waals surface area contributed by atoms with E-state index in [0.29, 0.717) is 0 Å². The van der Waals surface area contributed by atoms with Crippen molar-refractivity contribution in [3.63, 3.8) is 0 Å². The summed E-state index contributed by atoms with van der Waals surface area (Å²) < 4.78 is 0. The molecule has 0 amide bonds. The summed E-state index contributed by atoms with van der Waals surface area (Å²) in [6, 6.07) is 30.1. The van der Waals surface area contributed by atoms with E-state index in [9.17, 15) is 0 Å². The fourth-order valence-electron chi connectivity index (χ4n) is 3.46. The summed E-state index contributed by atoms with van der Waals surface area (Å²) in [6.07, 6.45) is 0.202. The Balaban J connectivity index is 1.90. The first kappa shape index (κ1) is 14.0. The highest BCUT2D eigenvalue weighted by molar-refractivity contribution is 5.69. The minimum atomic E-state index is 0.202. The Bertz CT molecular complexity index is 783. The summed E-state index contributed by atoms with van der Waals surface area (Å²) in [6.45, 7) is 0.957. The number of hydrogen-bond acceptors (Lipinski definition) is 2. The van der Waals surface area contributed by atoms with Gasteiger partial charge in [0.1, 0.15) is 6.17 Å². The maximum absolute atomic E-state index is 2.44. The minimum absolute atomic E-state index is 0.202. The largest absolute Gasteiger partial charge is 0.321 e. The molecule has 0 saturated carbocycles. The number of fused-ring (bicyclic) bond motifs is 1. The molecule has 3 aromatic carbocycles. The van der Waals surface area contributed by atoms with Crippen molar-refractivity contribution in [2.24, 2.45) is 0 Å². The number of para-hydroxylation sites is 2. The van der Waals surface area contributed by atoms with Gasteiger partial charge >= 0.3 is 0 Å². The first-order valence-corrected chi connectivity index (χ1v) is 8.02. The monoisotopic (exact) mass is 300 g/mol. The summed E-state index contributed by atoms with van der Waals surface area (Å²) in [4.78, 5) is 4.85. The fraction of sp³-hybridized carbons (Fsp3) is 0.143. The molecule has 0 saturated heterocycles. The highest BCUT2D eigenvalue weighted by atomic mass is 15.4. The number of nitrogens with zero attached hydrogens (tertiary/aromatic N) is 2. The molecule has 1 aliphatic rings. The zero-order chi connectivity index (χ0) is 15.6. The third-order valence-electron chi connectivity index (χ3n) is 4.47. The van der Waals surface area contributed by atoms with Gasteiger partial charge < -0.3 is 4.90 Å². The second-order valence-corrected chi connectivity index (χ2v) is 6.03. The van der Waals surface area contributed by atoms with Crippen LogP contribution in [-0.2, 0) is 6.54 Å². The molecule has 0 fully saturated rings. The van der Waals surface area contributed by atoms with Crippen LogP contribution in [0.5, 0.6) is 0 Å². The van der Waals surface area contributed by atoms with Gasteiger partial charge in [-0.1, -0.05) is 66.7 Å². The SMILES string of the molecule is CN1Cc2ccccc2N(c2ccccc2)C1c1ccccc1. The fourth-order valence-corrected chi connectivity index (χ4v) is 3.46. The lowest BCUT2D eigenvalue weighted by Gasteiger charge is -2.44. The third-order valence-corrected chi connectivity index (χ3v) is 4.47. The highest BCUT2D eigenvalue weighted by Gasteiger charge is 2.32. The van der Waals surface area contributed by atoms with Gasteiger partial charge in [-0.3, -0.25) is 4.90 Å². The number of hydrogen-bond donors (Lipinski definition) is 0. The van der Waals surface area contributed by atoms with E-state index in [1.807, 2.05) is 0 Å². The number of benzene rings is 3. The smallest absolute Gasteiger partial charge is 0.113 e. The number of anilines is 2. The standard InChI is InChI=1S/C21H20N2/c1-22-16-18-12-8-9-15-20(18)23(19-13-6-3-7-14-19)21(22)17-10-4-2-5-11-17/h2-15,21H,16H2,1H3. The third kappa shape index (κ3) is 2.51. The second-order valence-electron chi connectivity index (χ2n) is 6.03. The Hall–Kier alpha value is -2.58. The van der Waals surface area contributed by atoms with Crippen LogP contribution >= 0.6 is 0 Å². The molecular formula is C21H20N2. The molecular weight excluding hydrogens is 280 g/mol. The van der Waals surface area contributed by atoms with Crippen LogP contribution in [0.25, 0.3) is 0 Å². The molecule has 1 heterocycles. The molecule has 2 heteroatoms. The lowest BCUT2D eigenvalue weighted by atomic mass is 10.0. The van der Waals surface area contributed by atoms with E-state index >= 15 is 0 Å². The van der Waals surface area contributed by atoms with E-state index in [0.717, 1.165) is 6.54 Å². The maximum atomic E-state index is 2.44. The van der Waals surface area contributed by atoms with Gasteiger partial charge in [0.2, 0.25) is 0 Å². The van der Waals surface area contributed by atoms with E-state index in [-0.39, 0.29) is 6.17 Å². The zero-order valence-corrected chi connectivity index (χ0v) is 13.3. The quantitative estimate of drug-likeness (QED) is 0.659. The molecule has 0 spiro atoms. The highest BCUT2D eigenvalue weighted by Crippen LogP contribution is 2.42. The van der Waals surface area contributed by atoms with Crippen LogP contribution < -0.4 is 4.90 Å². The van der Waals surface area contributed by atoms with E-state index in [1.165, 1.54) is 22.5 Å². The Morgan fingerprint density at radius 1 is 0.739 bits per heavy atom. The van der Waals surface area contributed by atoms with Crippen molar-refractivity contribution >= 4 is 11.4 Å². The van der Waals surface area contributed by atoms with Crippen LogP contribution in [0.3, 0.4) is 0 Å². The van der Waals surface area contributed by atoms with E-state index in [2.05, 4.69) is 102 Å². The molecule has 3 aromatic rings. The lowest BCUT2D eigenvalue weighted by molar-refractivity contribution is 0.227. The van der Waals surface area contributed by atoms with E-state index in [1.54, 1.807) is 0 Å². The van der Waals surface area contributed by atoms with Crippen LogP contribution in [0.4, 0.5) is 11.4 Å². The molecule has 0 bridgehead atoms. The Kier molecular flexibility index (Phi) is 3.60. The average Bonchev–Trinajstić information content (AvgIpc) is 2.62. The molecule has 23 heavy (non-hydrogen) atoms. The first-order chi connectivity index (χ1) is 11.3. The van der Waals surface area contributed by atoms with E-state index < -0.39 is 0 Å². The van der Waals surface area contributed by atoms with Crippen molar-refractivity contribution in [1.82, 2.24) is 4.90 Å². The Morgan fingerprint density at radius 2 is 1.35 bits per heavy atom. The lowest BCUT2D eigenvalue weighted by Crippen LogP contribution is -2.41. The zero-order valence-electron chi connectivity index (χ0n) is 13.3. The van der Waals surface area contributed by atoms with Gasteiger partial charge in [-0.05, 0) is 36.4 Å². The van der Waals surface area contributed by atoms with Crippen molar-refractivity contribution in [3.8, 4) is 0 Å². The molecule has 114 valence electrons. The summed E-state index contributed by atoms with van der Waals surface area (Å²) in [5, 5.41) is 0. The van der Waals surface area contributed by atoms with Crippen LogP contribution in [-0.4, -0.2) is 11.9 Å². The van der Waals surface area contributed by atoms with Crippen molar-refractivity contribution in [2.45, 2.75) is 12.7 Å². The van der Waals surface area contributed by atoms with Crippen LogP contribution in [0.2, 0.25) is 0 Å². The summed E-state index contributed by atoms with van der Waals surface area (Å²) in [5.41, 5.74) is 5.20. The Morgan fingerprint density at radius 3 is 2.09 bits per heavy atom. The molecule has 0 radical (unpaired) electrons. The van der Waals surface area contributed by atoms with Crippen LogP contribution in [0, 0.1) is 0 Å². The van der Waals surface area contributed by atoms with Gasteiger partial charge in [0.15, 0.2) is 0 Å². The molecule has 1 atom stereocenters. The van der Waals surface area contributed by atoms with Gasteiger partial charge in [-0.2, -0.15) is 0 Å². The normalized spacial score (nSPS) is 17.8. The van der Waals surface area contributed by atoms with Crippen molar-refractivity contribution < 1.29 is 0 Å². The predicted octanol–water partition coefficient (Wildman–Crippen LogP) is 4.97. The van der Waals surface area contributed by atoms with Gasteiger partial charge in [0, 0.05) is 17.9 Å². The molecule has 1 aliphatic heterocycles. The second kappa shape index (κ2) is 5.90. The molecule has 1 unspecified atom stereocenters.